The maximum atomic E-state index is 14.2. The van der Waals surface area contributed by atoms with Crippen molar-refractivity contribution in [3.05, 3.63) is 64.8 Å². The highest BCUT2D eigenvalue weighted by Gasteiger charge is 2.46. The van der Waals surface area contributed by atoms with E-state index >= 15 is 0 Å². The van der Waals surface area contributed by atoms with E-state index in [-0.39, 0.29) is 21.2 Å². The van der Waals surface area contributed by atoms with Gasteiger partial charge in [0.25, 0.3) is 0 Å². The first kappa shape index (κ1) is 23.9. The van der Waals surface area contributed by atoms with E-state index in [9.17, 15) is 32.9 Å². The summed E-state index contributed by atoms with van der Waals surface area (Å²) in [7, 11) is 0. The van der Waals surface area contributed by atoms with E-state index in [4.69, 9.17) is 16.3 Å². The summed E-state index contributed by atoms with van der Waals surface area (Å²) in [5.41, 5.74) is -1.35. The molecule has 0 spiro atoms. The Morgan fingerprint density at radius 1 is 1.03 bits per heavy atom. The summed E-state index contributed by atoms with van der Waals surface area (Å²) >= 11 is 6.69. The number of aliphatic hydroxyl groups is 3. The summed E-state index contributed by atoms with van der Waals surface area (Å²) < 4.78 is 61.2. The molecule has 5 atom stereocenters. The van der Waals surface area contributed by atoms with Crippen molar-refractivity contribution in [3.63, 3.8) is 0 Å². The van der Waals surface area contributed by atoms with Crippen LogP contribution in [0.4, 0.5) is 17.6 Å². The lowest BCUT2D eigenvalue weighted by Crippen LogP contribution is -2.55. The van der Waals surface area contributed by atoms with Crippen LogP contribution in [-0.4, -0.2) is 60.7 Å². The number of halogens is 5. The molecular formula is C20H16ClF4N3O4S. The maximum absolute atomic E-state index is 14.2. The average molecular weight is 506 g/mol. The molecule has 0 amide bonds. The lowest BCUT2D eigenvalue weighted by Gasteiger charge is -2.41. The van der Waals surface area contributed by atoms with Crippen LogP contribution < -0.4 is 0 Å². The smallest absolute Gasteiger partial charge is 0.194 e. The Morgan fingerprint density at radius 3 is 2.39 bits per heavy atom. The van der Waals surface area contributed by atoms with Crippen molar-refractivity contribution in [2.45, 2.75) is 34.7 Å². The number of hydrogen-bond donors (Lipinski definition) is 3. The lowest BCUT2D eigenvalue weighted by atomic mass is 9.97. The lowest BCUT2D eigenvalue weighted by molar-refractivity contribution is -0.178. The van der Waals surface area contributed by atoms with Gasteiger partial charge in [-0.3, -0.25) is 0 Å². The monoisotopic (exact) mass is 505 g/mol. The van der Waals surface area contributed by atoms with Gasteiger partial charge in [0.1, 0.15) is 41.3 Å². The van der Waals surface area contributed by atoms with Crippen molar-refractivity contribution in [2.24, 2.45) is 0 Å². The van der Waals surface area contributed by atoms with E-state index in [0.717, 1.165) is 34.6 Å². The minimum Gasteiger partial charge on any atom is -0.394 e. The van der Waals surface area contributed by atoms with Crippen LogP contribution in [0, 0.1) is 23.3 Å². The molecule has 0 aliphatic carbocycles. The van der Waals surface area contributed by atoms with Crippen LogP contribution >= 0.6 is 23.4 Å². The standard InChI is InChI=1S/C20H16ClF4N3O4S/c21-9-1-2-10(22)15(5-9)33-20-19(31)17(18(30)14(7-29)32-20)28-6-13(26-27-28)8-3-11(23)16(25)12(24)4-8/h1-6,14,17-20,29-31H,7H2/t14?,17?,18-,19?,20-/m0/s1. The number of ether oxygens (including phenoxy) is 1. The van der Waals surface area contributed by atoms with Crippen molar-refractivity contribution >= 4 is 23.4 Å². The van der Waals surface area contributed by atoms with Crippen molar-refractivity contribution in [1.29, 1.82) is 0 Å². The molecule has 7 nitrogen and oxygen atoms in total. The van der Waals surface area contributed by atoms with Gasteiger partial charge in [0, 0.05) is 15.5 Å². The highest BCUT2D eigenvalue weighted by Crippen LogP contribution is 2.39. The fourth-order valence-corrected chi connectivity index (χ4v) is 4.79. The molecule has 1 fully saturated rings. The number of aromatic nitrogens is 3. The van der Waals surface area contributed by atoms with Crippen molar-refractivity contribution in [1.82, 2.24) is 15.0 Å². The van der Waals surface area contributed by atoms with Crippen LogP contribution in [0.1, 0.15) is 6.04 Å². The van der Waals surface area contributed by atoms with E-state index in [0.29, 0.717) is 0 Å². The molecule has 4 rings (SSSR count). The molecule has 0 bridgehead atoms. The quantitative estimate of drug-likeness (QED) is 0.362. The van der Waals surface area contributed by atoms with Crippen LogP contribution in [0.2, 0.25) is 5.02 Å². The first-order valence-electron chi connectivity index (χ1n) is 9.50. The molecule has 1 saturated heterocycles. The van der Waals surface area contributed by atoms with Gasteiger partial charge >= 0.3 is 0 Å². The number of thioether (sulfide) groups is 1. The first-order chi connectivity index (χ1) is 15.7. The second kappa shape index (κ2) is 9.57. The molecule has 1 aromatic heterocycles. The van der Waals surface area contributed by atoms with Gasteiger partial charge < -0.3 is 20.1 Å². The van der Waals surface area contributed by atoms with E-state index in [1.54, 1.807) is 0 Å². The van der Waals surface area contributed by atoms with E-state index in [2.05, 4.69) is 10.3 Å². The topological polar surface area (TPSA) is 101 Å². The molecule has 2 aromatic carbocycles. The van der Waals surface area contributed by atoms with Gasteiger partial charge in [0.2, 0.25) is 0 Å². The van der Waals surface area contributed by atoms with Gasteiger partial charge in [-0.2, -0.15) is 0 Å². The predicted molar refractivity (Wildman–Crippen MR) is 109 cm³/mol. The van der Waals surface area contributed by atoms with Gasteiger partial charge in [-0.05, 0) is 30.3 Å². The number of rotatable bonds is 5. The normalized spacial score (nSPS) is 25.4. The third-order valence-electron chi connectivity index (χ3n) is 5.08. The molecule has 33 heavy (non-hydrogen) atoms. The zero-order valence-corrected chi connectivity index (χ0v) is 18.0. The summed E-state index contributed by atoms with van der Waals surface area (Å²) in [5.74, 6) is -5.11. The third-order valence-corrected chi connectivity index (χ3v) is 6.50. The Bertz CT molecular complexity index is 1150. The van der Waals surface area contributed by atoms with Crippen LogP contribution in [0.3, 0.4) is 0 Å². The second-order valence-corrected chi connectivity index (χ2v) is 8.80. The largest absolute Gasteiger partial charge is 0.394 e. The maximum Gasteiger partial charge on any atom is 0.194 e. The Morgan fingerprint density at radius 2 is 1.73 bits per heavy atom. The van der Waals surface area contributed by atoms with Crippen LogP contribution in [0.15, 0.2) is 41.4 Å². The Hall–Kier alpha value is -2.22. The molecule has 3 aromatic rings. The zero-order valence-electron chi connectivity index (χ0n) is 16.4. The van der Waals surface area contributed by atoms with Gasteiger partial charge in [-0.25, -0.2) is 22.2 Å². The molecule has 1 aliphatic heterocycles. The highest BCUT2D eigenvalue weighted by molar-refractivity contribution is 7.99. The van der Waals surface area contributed by atoms with Gasteiger partial charge in [-0.15, -0.1) is 5.10 Å². The summed E-state index contributed by atoms with van der Waals surface area (Å²) in [5, 5.41) is 39.0. The van der Waals surface area contributed by atoms with Gasteiger partial charge in [0.05, 0.1) is 12.8 Å². The summed E-state index contributed by atoms with van der Waals surface area (Å²) in [6.45, 7) is -0.630. The third kappa shape index (κ3) is 4.72. The predicted octanol–water partition coefficient (Wildman–Crippen LogP) is 2.93. The number of benzene rings is 2. The molecule has 13 heteroatoms. The number of hydrogen-bond acceptors (Lipinski definition) is 7. The van der Waals surface area contributed by atoms with Crippen molar-refractivity contribution in [3.8, 4) is 11.3 Å². The van der Waals surface area contributed by atoms with Crippen molar-refractivity contribution < 1.29 is 37.6 Å². The zero-order chi connectivity index (χ0) is 23.9. The number of nitrogens with zero attached hydrogens (tertiary/aromatic N) is 3. The Labute approximate surface area is 193 Å². The Kier molecular flexibility index (Phi) is 6.93. The fourth-order valence-electron chi connectivity index (χ4n) is 3.43. The second-order valence-electron chi connectivity index (χ2n) is 7.23. The van der Waals surface area contributed by atoms with E-state index < -0.39 is 59.7 Å². The summed E-state index contributed by atoms with van der Waals surface area (Å²) in [4.78, 5) is 0.0647. The van der Waals surface area contributed by atoms with Gasteiger partial charge in [0.15, 0.2) is 17.5 Å². The van der Waals surface area contributed by atoms with E-state index in [1.807, 2.05) is 0 Å². The molecular weight excluding hydrogens is 490 g/mol. The fraction of sp³-hybridized carbons (Fsp3) is 0.300. The molecule has 3 N–H and O–H groups in total. The van der Waals surface area contributed by atoms with Gasteiger partial charge in [-0.1, -0.05) is 28.6 Å². The first-order valence-corrected chi connectivity index (χ1v) is 10.8. The minimum absolute atomic E-state index is 0.0647. The summed E-state index contributed by atoms with van der Waals surface area (Å²) in [6, 6.07) is 4.03. The average Bonchev–Trinajstić information content (AvgIpc) is 3.26. The molecule has 0 radical (unpaired) electrons. The SMILES string of the molecule is OCC1O[C@@H](Sc2cc(Cl)ccc2F)C(O)C(n2cc(-c3cc(F)c(F)c(F)c3)nn2)[C@H]1O. The Balaban J connectivity index is 1.65. The minimum atomic E-state index is -1.64. The van der Waals surface area contributed by atoms with Crippen LogP contribution in [-0.2, 0) is 4.74 Å². The summed E-state index contributed by atoms with van der Waals surface area (Å²) in [6.07, 6.45) is -2.94. The van der Waals surface area contributed by atoms with Crippen molar-refractivity contribution in [2.75, 3.05) is 6.61 Å². The molecule has 1 aliphatic rings. The van der Waals surface area contributed by atoms with E-state index in [1.165, 1.54) is 18.3 Å². The van der Waals surface area contributed by atoms with Crippen LogP contribution in [0.25, 0.3) is 11.3 Å². The molecule has 0 saturated carbocycles. The molecule has 2 heterocycles. The molecule has 3 unspecified atom stereocenters. The highest BCUT2D eigenvalue weighted by atomic mass is 35.5. The van der Waals surface area contributed by atoms with Crippen LogP contribution in [0.5, 0.6) is 0 Å². The molecule has 176 valence electrons. The number of aliphatic hydroxyl groups excluding tert-OH is 3.